The monoisotopic (exact) mass is 387 g/mol. The zero-order valence-corrected chi connectivity index (χ0v) is 14.5. The van der Waals surface area contributed by atoms with Crippen molar-refractivity contribution in [1.82, 2.24) is 0 Å². The standard InChI is InChI=1S/C13H13N3O5S3/c14-23(18,19)8-5-6-10(12(7-8)24(15,20)21)9-3-1-2-4-11(9)16-13(17)22/h1-7H,(H2,14,18,19)(H2,15,20,21)(H2,16,17,22). The second kappa shape index (κ2) is 6.53. The van der Waals surface area contributed by atoms with Crippen LogP contribution in [0.5, 0.6) is 0 Å². The SMILES string of the molecule is NS(=O)(=O)c1ccc(-c2ccccc2NC(=O)S)c(S(N)(=O)=O)c1. The molecule has 0 bridgehead atoms. The molecule has 0 atom stereocenters. The van der Waals surface area contributed by atoms with Crippen molar-refractivity contribution < 1.29 is 21.6 Å². The summed E-state index contributed by atoms with van der Waals surface area (Å²) in [7, 11) is -8.38. The van der Waals surface area contributed by atoms with Gasteiger partial charge in [-0.05, 0) is 18.2 Å². The van der Waals surface area contributed by atoms with E-state index in [2.05, 4.69) is 17.9 Å². The van der Waals surface area contributed by atoms with E-state index >= 15 is 0 Å². The third kappa shape index (κ3) is 4.13. The maximum atomic E-state index is 11.9. The number of carbonyl (C=O) groups is 1. The summed E-state index contributed by atoms with van der Waals surface area (Å²) in [6, 6.07) is 9.59. The third-order valence-electron chi connectivity index (χ3n) is 3.05. The highest BCUT2D eigenvalue weighted by Gasteiger charge is 2.21. The Balaban J connectivity index is 2.79. The van der Waals surface area contributed by atoms with Gasteiger partial charge in [0.2, 0.25) is 20.0 Å². The Bertz CT molecular complexity index is 1020. The molecule has 11 heteroatoms. The first-order valence-corrected chi connectivity index (χ1v) is 9.83. The predicted molar refractivity (Wildman–Crippen MR) is 92.6 cm³/mol. The van der Waals surface area contributed by atoms with Crippen LogP contribution in [0.4, 0.5) is 10.5 Å². The molecule has 2 aromatic carbocycles. The van der Waals surface area contributed by atoms with Gasteiger partial charge in [0, 0.05) is 16.8 Å². The number of amides is 1. The van der Waals surface area contributed by atoms with Gasteiger partial charge in [-0.25, -0.2) is 27.1 Å². The average Bonchev–Trinajstić information content (AvgIpc) is 2.45. The van der Waals surface area contributed by atoms with Crippen molar-refractivity contribution in [1.29, 1.82) is 0 Å². The molecule has 0 saturated heterocycles. The molecule has 8 nitrogen and oxygen atoms in total. The minimum absolute atomic E-state index is 0.114. The molecule has 0 aliphatic heterocycles. The summed E-state index contributed by atoms with van der Waals surface area (Å²) in [4.78, 5) is 10.3. The Kier molecular flexibility index (Phi) is 5.01. The van der Waals surface area contributed by atoms with E-state index in [-0.39, 0.29) is 11.3 Å². The number of nitrogens with one attached hydrogen (secondary N) is 1. The molecule has 2 aromatic rings. The van der Waals surface area contributed by atoms with Gasteiger partial charge in [0.15, 0.2) is 0 Å². The fourth-order valence-electron chi connectivity index (χ4n) is 2.08. The van der Waals surface area contributed by atoms with Crippen molar-refractivity contribution in [2.75, 3.05) is 5.32 Å². The van der Waals surface area contributed by atoms with Gasteiger partial charge in [0.1, 0.15) is 0 Å². The molecule has 0 aromatic heterocycles. The van der Waals surface area contributed by atoms with E-state index in [4.69, 9.17) is 10.3 Å². The fraction of sp³-hybridized carbons (Fsp3) is 0. The Hall–Kier alpha value is -1.92. The maximum absolute atomic E-state index is 11.9. The van der Waals surface area contributed by atoms with Gasteiger partial charge in [0.25, 0.3) is 5.24 Å². The second-order valence-electron chi connectivity index (χ2n) is 4.72. The van der Waals surface area contributed by atoms with Gasteiger partial charge < -0.3 is 5.32 Å². The molecule has 0 unspecified atom stereocenters. The summed E-state index contributed by atoms with van der Waals surface area (Å²) in [5, 5.41) is 12.0. The van der Waals surface area contributed by atoms with Gasteiger partial charge in [-0.1, -0.05) is 36.9 Å². The number of carbonyl (C=O) groups excluding carboxylic acids is 1. The highest BCUT2D eigenvalue weighted by molar-refractivity contribution is 7.96. The predicted octanol–water partition coefficient (Wildman–Crippen LogP) is 1.11. The molecule has 0 aliphatic carbocycles. The van der Waals surface area contributed by atoms with Crippen molar-refractivity contribution in [2.24, 2.45) is 10.3 Å². The molecule has 0 aliphatic rings. The fourth-order valence-corrected chi connectivity index (χ4v) is 3.59. The van der Waals surface area contributed by atoms with Crippen LogP contribution in [0.1, 0.15) is 0 Å². The highest BCUT2D eigenvalue weighted by atomic mass is 32.2. The summed E-state index contributed by atoms with van der Waals surface area (Å²) in [5.74, 6) is 0. The Morgan fingerprint density at radius 1 is 0.917 bits per heavy atom. The lowest BCUT2D eigenvalue weighted by Gasteiger charge is -2.13. The lowest BCUT2D eigenvalue weighted by molar-refractivity contribution is 0.270. The minimum Gasteiger partial charge on any atom is -0.317 e. The number of para-hydroxylation sites is 1. The van der Waals surface area contributed by atoms with Crippen molar-refractivity contribution >= 4 is 43.6 Å². The largest absolute Gasteiger partial charge is 0.317 e. The van der Waals surface area contributed by atoms with Gasteiger partial charge in [0.05, 0.1) is 9.79 Å². The van der Waals surface area contributed by atoms with Crippen LogP contribution >= 0.6 is 12.6 Å². The van der Waals surface area contributed by atoms with Crippen molar-refractivity contribution in [3.63, 3.8) is 0 Å². The summed E-state index contributed by atoms with van der Waals surface area (Å²) in [6.07, 6.45) is 0. The normalized spacial score (nSPS) is 12.0. The van der Waals surface area contributed by atoms with Crippen LogP contribution in [0.15, 0.2) is 52.3 Å². The molecule has 0 heterocycles. The van der Waals surface area contributed by atoms with Crippen LogP contribution in [0, 0.1) is 0 Å². The van der Waals surface area contributed by atoms with Crippen LogP contribution in [0.3, 0.4) is 0 Å². The summed E-state index contributed by atoms with van der Waals surface area (Å²) < 4.78 is 46.7. The van der Waals surface area contributed by atoms with E-state index < -0.39 is 35.1 Å². The van der Waals surface area contributed by atoms with E-state index in [9.17, 15) is 21.6 Å². The van der Waals surface area contributed by atoms with E-state index in [1.807, 2.05) is 0 Å². The van der Waals surface area contributed by atoms with Crippen LogP contribution in [0.25, 0.3) is 11.1 Å². The number of nitrogens with two attached hydrogens (primary N) is 2. The number of primary sulfonamides is 2. The lowest BCUT2D eigenvalue weighted by Crippen LogP contribution is -2.17. The molecule has 24 heavy (non-hydrogen) atoms. The zero-order valence-electron chi connectivity index (χ0n) is 12.0. The Labute approximate surface area is 144 Å². The van der Waals surface area contributed by atoms with Crippen molar-refractivity contribution in [3.05, 3.63) is 42.5 Å². The highest BCUT2D eigenvalue weighted by Crippen LogP contribution is 2.34. The number of hydrogen-bond acceptors (Lipinski definition) is 5. The van der Waals surface area contributed by atoms with E-state index in [0.717, 1.165) is 12.1 Å². The van der Waals surface area contributed by atoms with Crippen molar-refractivity contribution in [2.45, 2.75) is 9.79 Å². The Morgan fingerprint density at radius 2 is 1.54 bits per heavy atom. The first-order chi connectivity index (χ1) is 11.0. The molecule has 5 N–H and O–H groups in total. The molecule has 0 spiro atoms. The van der Waals surface area contributed by atoms with Crippen LogP contribution in [-0.2, 0) is 20.0 Å². The number of sulfonamides is 2. The summed E-state index contributed by atoms with van der Waals surface area (Å²) in [6.45, 7) is 0. The molecule has 1 amide bonds. The van der Waals surface area contributed by atoms with Crippen LogP contribution in [0.2, 0.25) is 0 Å². The average molecular weight is 387 g/mol. The van der Waals surface area contributed by atoms with Crippen LogP contribution in [-0.4, -0.2) is 22.1 Å². The van der Waals surface area contributed by atoms with Gasteiger partial charge in [-0.2, -0.15) is 0 Å². The summed E-state index contributed by atoms with van der Waals surface area (Å²) in [5.41, 5.74) is 0.721. The second-order valence-corrected chi connectivity index (χ2v) is 8.22. The van der Waals surface area contributed by atoms with Crippen LogP contribution < -0.4 is 15.6 Å². The molecular weight excluding hydrogens is 374 g/mol. The zero-order chi connectivity index (χ0) is 18.1. The molecule has 0 radical (unpaired) electrons. The number of anilines is 1. The third-order valence-corrected chi connectivity index (χ3v) is 5.02. The smallest absolute Gasteiger partial charge is 0.280 e. The van der Waals surface area contributed by atoms with Gasteiger partial charge >= 0.3 is 0 Å². The van der Waals surface area contributed by atoms with Crippen molar-refractivity contribution in [3.8, 4) is 11.1 Å². The number of rotatable bonds is 4. The summed E-state index contributed by atoms with van der Waals surface area (Å²) >= 11 is 3.62. The molecular formula is C13H13N3O5S3. The molecule has 128 valence electrons. The molecule has 2 rings (SSSR count). The number of benzene rings is 2. The number of hydrogen-bond donors (Lipinski definition) is 4. The first kappa shape index (κ1) is 18.4. The first-order valence-electron chi connectivity index (χ1n) is 6.29. The minimum atomic E-state index is -4.26. The number of thiol groups is 1. The van der Waals surface area contributed by atoms with Gasteiger partial charge in [-0.3, -0.25) is 4.79 Å². The quantitative estimate of drug-likeness (QED) is 0.580. The molecule has 0 saturated carbocycles. The van der Waals surface area contributed by atoms with E-state index in [0.29, 0.717) is 5.56 Å². The molecule has 0 fully saturated rings. The maximum Gasteiger partial charge on any atom is 0.280 e. The Morgan fingerprint density at radius 3 is 2.08 bits per heavy atom. The van der Waals surface area contributed by atoms with Gasteiger partial charge in [-0.15, -0.1) is 0 Å². The lowest BCUT2D eigenvalue weighted by atomic mass is 10.0. The van der Waals surface area contributed by atoms with E-state index in [1.165, 1.54) is 12.1 Å². The van der Waals surface area contributed by atoms with E-state index in [1.54, 1.807) is 18.2 Å². The topological polar surface area (TPSA) is 149 Å².